The van der Waals surface area contributed by atoms with Gasteiger partial charge < -0.3 is 4.74 Å². The van der Waals surface area contributed by atoms with Crippen LogP contribution in [-0.4, -0.2) is 15.7 Å². The average molecular weight is 271 g/mol. The van der Waals surface area contributed by atoms with E-state index in [2.05, 4.69) is 6.07 Å². The predicted molar refractivity (Wildman–Crippen MR) is 75.6 cm³/mol. The van der Waals surface area contributed by atoms with Gasteiger partial charge in [-0.15, -0.1) is 0 Å². The Bertz CT molecular complexity index is 647. The highest BCUT2D eigenvalue weighted by molar-refractivity contribution is 5.34. The van der Waals surface area contributed by atoms with Crippen molar-refractivity contribution in [1.82, 2.24) is 9.13 Å². The summed E-state index contributed by atoms with van der Waals surface area (Å²) in [5.74, 6) is 0.738. The molecule has 104 valence electrons. The van der Waals surface area contributed by atoms with Crippen LogP contribution in [0.2, 0.25) is 0 Å². The summed E-state index contributed by atoms with van der Waals surface area (Å²) in [4.78, 5) is 11.8. The summed E-state index contributed by atoms with van der Waals surface area (Å²) in [5, 5.41) is 8.69. The molecule has 1 aromatic heterocycles. The van der Waals surface area contributed by atoms with Crippen LogP contribution >= 0.6 is 0 Å². The van der Waals surface area contributed by atoms with E-state index < -0.39 is 0 Å². The van der Waals surface area contributed by atoms with Crippen LogP contribution in [0.3, 0.4) is 0 Å². The van der Waals surface area contributed by atoms with Crippen LogP contribution in [0, 0.1) is 11.3 Å². The van der Waals surface area contributed by atoms with Crippen LogP contribution in [0.1, 0.15) is 18.9 Å². The van der Waals surface area contributed by atoms with E-state index in [1.165, 1.54) is 0 Å². The lowest BCUT2D eigenvalue weighted by atomic mass is 10.2. The molecule has 0 unspecified atom stereocenters. The van der Waals surface area contributed by atoms with Crippen molar-refractivity contribution in [3.63, 3.8) is 0 Å². The summed E-state index contributed by atoms with van der Waals surface area (Å²) >= 11 is 0. The van der Waals surface area contributed by atoms with Gasteiger partial charge in [0, 0.05) is 25.5 Å². The number of hydrogen-bond acceptors (Lipinski definition) is 3. The second-order valence-electron chi connectivity index (χ2n) is 4.40. The second-order valence-corrected chi connectivity index (χ2v) is 4.40. The predicted octanol–water partition coefficient (Wildman–Crippen LogP) is 2.01. The van der Waals surface area contributed by atoms with Crippen molar-refractivity contribution in [2.24, 2.45) is 0 Å². The molecule has 0 aliphatic heterocycles. The topological polar surface area (TPSA) is 59.9 Å². The van der Waals surface area contributed by atoms with E-state index in [0.717, 1.165) is 12.2 Å². The summed E-state index contributed by atoms with van der Waals surface area (Å²) in [6.07, 6.45) is 4.35. The summed E-state index contributed by atoms with van der Waals surface area (Å²) in [5.41, 5.74) is 0.635. The SMILES string of the molecule is CCn1ccn(CCCOc2ccc(C#N)cc2)c1=O. The highest BCUT2D eigenvalue weighted by Gasteiger charge is 2.01. The fraction of sp³-hybridized carbons (Fsp3) is 0.333. The smallest absolute Gasteiger partial charge is 0.328 e. The summed E-state index contributed by atoms with van der Waals surface area (Å²) in [6, 6.07) is 9.06. The molecule has 0 amide bonds. The molecular formula is C15H17N3O2. The van der Waals surface area contributed by atoms with E-state index >= 15 is 0 Å². The van der Waals surface area contributed by atoms with Gasteiger partial charge in [-0.3, -0.25) is 9.13 Å². The van der Waals surface area contributed by atoms with Crippen molar-refractivity contribution in [3.05, 3.63) is 52.7 Å². The summed E-state index contributed by atoms with van der Waals surface area (Å²) in [7, 11) is 0. The largest absolute Gasteiger partial charge is 0.494 e. The average Bonchev–Trinajstić information content (AvgIpc) is 2.84. The molecule has 5 nitrogen and oxygen atoms in total. The van der Waals surface area contributed by atoms with Gasteiger partial charge in [-0.05, 0) is 37.6 Å². The molecule has 0 atom stereocenters. The first-order chi connectivity index (χ1) is 9.74. The maximum Gasteiger partial charge on any atom is 0.328 e. The van der Waals surface area contributed by atoms with Crippen LogP contribution in [0.25, 0.3) is 0 Å². The lowest BCUT2D eigenvalue weighted by Gasteiger charge is -2.06. The number of aryl methyl sites for hydroxylation is 2. The molecule has 1 heterocycles. The molecule has 0 N–H and O–H groups in total. The standard InChI is InChI=1S/C15H17N3O2/c1-2-17-9-10-18(15(17)19)8-3-11-20-14-6-4-13(12-16)5-7-14/h4-7,9-10H,2-3,8,11H2,1H3. The molecule has 0 saturated carbocycles. The molecular weight excluding hydrogens is 254 g/mol. The van der Waals surface area contributed by atoms with Crippen LogP contribution in [0.15, 0.2) is 41.5 Å². The van der Waals surface area contributed by atoms with E-state index in [1.807, 2.05) is 6.92 Å². The Morgan fingerprint density at radius 3 is 2.50 bits per heavy atom. The van der Waals surface area contributed by atoms with Crippen LogP contribution in [0.5, 0.6) is 5.75 Å². The summed E-state index contributed by atoms with van der Waals surface area (Å²) < 4.78 is 8.92. The Morgan fingerprint density at radius 2 is 1.90 bits per heavy atom. The van der Waals surface area contributed by atoms with E-state index in [4.69, 9.17) is 10.00 Å². The van der Waals surface area contributed by atoms with Gasteiger partial charge in [0.25, 0.3) is 0 Å². The zero-order valence-corrected chi connectivity index (χ0v) is 11.5. The maximum atomic E-state index is 11.8. The van der Waals surface area contributed by atoms with Gasteiger partial charge >= 0.3 is 5.69 Å². The molecule has 0 aliphatic rings. The number of imidazole rings is 1. The summed E-state index contributed by atoms with van der Waals surface area (Å²) in [6.45, 7) is 3.81. The fourth-order valence-electron chi connectivity index (χ4n) is 1.91. The Kier molecular flexibility index (Phi) is 4.61. The van der Waals surface area contributed by atoms with Crippen LogP contribution in [0.4, 0.5) is 0 Å². The van der Waals surface area contributed by atoms with Gasteiger partial charge in [-0.2, -0.15) is 5.26 Å². The maximum absolute atomic E-state index is 11.8. The Morgan fingerprint density at radius 1 is 1.20 bits per heavy atom. The zero-order valence-electron chi connectivity index (χ0n) is 11.5. The van der Waals surface area contributed by atoms with E-state index in [9.17, 15) is 4.79 Å². The van der Waals surface area contributed by atoms with Crippen molar-refractivity contribution < 1.29 is 4.74 Å². The third-order valence-corrected chi connectivity index (χ3v) is 3.05. The van der Waals surface area contributed by atoms with E-state index in [-0.39, 0.29) is 5.69 Å². The van der Waals surface area contributed by atoms with Crippen molar-refractivity contribution in [2.45, 2.75) is 26.4 Å². The van der Waals surface area contributed by atoms with Crippen LogP contribution in [-0.2, 0) is 13.1 Å². The van der Waals surface area contributed by atoms with Crippen molar-refractivity contribution in [3.8, 4) is 11.8 Å². The van der Waals surface area contributed by atoms with Gasteiger partial charge in [0.1, 0.15) is 5.75 Å². The molecule has 0 saturated heterocycles. The molecule has 2 rings (SSSR count). The Balaban J connectivity index is 1.80. The number of aromatic nitrogens is 2. The number of ether oxygens (including phenoxy) is 1. The quantitative estimate of drug-likeness (QED) is 0.755. The molecule has 1 aromatic carbocycles. The molecule has 0 fully saturated rings. The van der Waals surface area contributed by atoms with Gasteiger partial charge in [-0.25, -0.2) is 4.79 Å². The minimum atomic E-state index is 0.0193. The normalized spacial score (nSPS) is 10.2. The van der Waals surface area contributed by atoms with Crippen LogP contribution < -0.4 is 10.4 Å². The van der Waals surface area contributed by atoms with Crippen molar-refractivity contribution in [1.29, 1.82) is 5.26 Å². The first-order valence-electron chi connectivity index (χ1n) is 6.63. The highest BCUT2D eigenvalue weighted by atomic mass is 16.5. The van der Waals surface area contributed by atoms with Crippen molar-refractivity contribution in [2.75, 3.05) is 6.61 Å². The highest BCUT2D eigenvalue weighted by Crippen LogP contribution is 2.11. The van der Waals surface area contributed by atoms with Gasteiger partial charge in [0.2, 0.25) is 0 Å². The Hall–Kier alpha value is -2.48. The lowest BCUT2D eigenvalue weighted by molar-refractivity contribution is 0.300. The van der Waals surface area contributed by atoms with E-state index in [0.29, 0.717) is 25.3 Å². The number of nitrogens with zero attached hydrogens (tertiary/aromatic N) is 3. The molecule has 0 radical (unpaired) electrons. The van der Waals surface area contributed by atoms with Crippen molar-refractivity contribution >= 4 is 0 Å². The molecule has 0 aliphatic carbocycles. The number of nitriles is 1. The molecule has 0 spiro atoms. The third kappa shape index (κ3) is 3.29. The zero-order chi connectivity index (χ0) is 14.4. The number of rotatable bonds is 6. The third-order valence-electron chi connectivity index (χ3n) is 3.05. The second kappa shape index (κ2) is 6.62. The van der Waals surface area contributed by atoms with Gasteiger partial charge in [0.15, 0.2) is 0 Å². The molecule has 20 heavy (non-hydrogen) atoms. The minimum Gasteiger partial charge on any atom is -0.494 e. The monoisotopic (exact) mass is 271 g/mol. The van der Waals surface area contributed by atoms with Gasteiger partial charge in [-0.1, -0.05) is 0 Å². The molecule has 2 aromatic rings. The fourth-order valence-corrected chi connectivity index (χ4v) is 1.91. The minimum absolute atomic E-state index is 0.0193. The number of hydrogen-bond donors (Lipinski definition) is 0. The lowest BCUT2D eigenvalue weighted by Crippen LogP contribution is -2.24. The molecule has 0 bridgehead atoms. The van der Waals surface area contributed by atoms with Gasteiger partial charge in [0.05, 0.1) is 18.2 Å². The van der Waals surface area contributed by atoms with E-state index in [1.54, 1.807) is 45.8 Å². The first kappa shape index (κ1) is 13.9. The number of benzene rings is 1. The molecule has 5 heteroatoms. The first-order valence-corrected chi connectivity index (χ1v) is 6.63. The Labute approximate surface area is 117 Å².